The third-order valence-corrected chi connectivity index (χ3v) is 5.41. The molecule has 8 heteroatoms. The molecule has 0 saturated carbocycles. The highest BCUT2D eigenvalue weighted by Crippen LogP contribution is 2.26. The van der Waals surface area contributed by atoms with Gasteiger partial charge in [0.2, 0.25) is 11.1 Å². The van der Waals surface area contributed by atoms with Gasteiger partial charge in [-0.2, -0.15) is 0 Å². The van der Waals surface area contributed by atoms with Crippen molar-refractivity contribution in [2.45, 2.75) is 18.1 Å². The van der Waals surface area contributed by atoms with Crippen molar-refractivity contribution in [3.8, 4) is 0 Å². The third-order valence-electron chi connectivity index (χ3n) is 3.46. The summed E-state index contributed by atoms with van der Waals surface area (Å²) in [4.78, 5) is 13.5. The molecule has 0 aliphatic carbocycles. The summed E-state index contributed by atoms with van der Waals surface area (Å²) in [7, 11) is 1.75. The fourth-order valence-electron chi connectivity index (χ4n) is 2.21. The molecule has 1 N–H and O–H groups in total. The van der Waals surface area contributed by atoms with Crippen molar-refractivity contribution in [2.24, 2.45) is 7.05 Å². The highest BCUT2D eigenvalue weighted by molar-refractivity contribution is 7.99. The van der Waals surface area contributed by atoms with E-state index in [-0.39, 0.29) is 17.7 Å². The zero-order chi connectivity index (χ0) is 16.9. The molecule has 0 saturated heterocycles. The van der Waals surface area contributed by atoms with E-state index in [1.54, 1.807) is 23.1 Å². The number of rotatable bonds is 6. The van der Waals surface area contributed by atoms with Crippen LogP contribution in [0.25, 0.3) is 0 Å². The van der Waals surface area contributed by atoms with Crippen LogP contribution in [0.2, 0.25) is 0 Å². The van der Waals surface area contributed by atoms with Crippen molar-refractivity contribution in [1.29, 1.82) is 0 Å². The van der Waals surface area contributed by atoms with Gasteiger partial charge in [0.15, 0.2) is 0 Å². The lowest BCUT2D eigenvalue weighted by atomic mass is 10.0. The highest BCUT2D eigenvalue weighted by Gasteiger charge is 2.18. The number of nitrogens with one attached hydrogen (secondary N) is 1. The van der Waals surface area contributed by atoms with Crippen molar-refractivity contribution in [3.05, 3.63) is 57.8 Å². The standard InChI is InChI=1S/C16H17N5OS2/c1-11-5-7-12(8-6-11)15(13-4-3-9-23-13)17-14(22)10-24-16-18-19-20-21(16)2/h3-9,15H,10H2,1-2H3,(H,17,22). The lowest BCUT2D eigenvalue weighted by Gasteiger charge is -2.18. The summed E-state index contributed by atoms with van der Waals surface area (Å²) in [5.41, 5.74) is 2.27. The first-order valence-corrected chi connectivity index (χ1v) is 9.24. The number of tetrazole rings is 1. The fraction of sp³-hybridized carbons (Fsp3) is 0.250. The topological polar surface area (TPSA) is 72.7 Å². The molecular formula is C16H17N5OS2. The van der Waals surface area contributed by atoms with Gasteiger partial charge in [0.05, 0.1) is 11.8 Å². The Labute approximate surface area is 148 Å². The second-order valence-electron chi connectivity index (χ2n) is 5.30. The van der Waals surface area contributed by atoms with Gasteiger partial charge in [-0.25, -0.2) is 4.68 Å². The van der Waals surface area contributed by atoms with Gasteiger partial charge in [0.25, 0.3) is 0 Å². The van der Waals surface area contributed by atoms with Crippen LogP contribution in [0, 0.1) is 6.92 Å². The largest absolute Gasteiger partial charge is 0.344 e. The Hall–Kier alpha value is -2.19. The van der Waals surface area contributed by atoms with Crippen LogP contribution in [0.15, 0.2) is 46.9 Å². The van der Waals surface area contributed by atoms with Gasteiger partial charge >= 0.3 is 0 Å². The molecule has 2 heterocycles. The number of thioether (sulfide) groups is 1. The number of amides is 1. The minimum Gasteiger partial charge on any atom is -0.344 e. The molecule has 0 spiro atoms. The quantitative estimate of drug-likeness (QED) is 0.685. The number of hydrogen-bond acceptors (Lipinski definition) is 6. The van der Waals surface area contributed by atoms with E-state index in [1.165, 1.54) is 17.3 Å². The molecule has 3 aromatic rings. The van der Waals surface area contributed by atoms with Gasteiger partial charge in [-0.15, -0.1) is 16.4 Å². The van der Waals surface area contributed by atoms with Crippen LogP contribution in [-0.4, -0.2) is 31.9 Å². The number of hydrogen-bond donors (Lipinski definition) is 1. The van der Waals surface area contributed by atoms with E-state index in [4.69, 9.17) is 0 Å². The molecule has 0 radical (unpaired) electrons. The van der Waals surface area contributed by atoms with E-state index in [9.17, 15) is 4.79 Å². The lowest BCUT2D eigenvalue weighted by Crippen LogP contribution is -2.30. The van der Waals surface area contributed by atoms with Gasteiger partial charge in [0.1, 0.15) is 0 Å². The number of nitrogens with zero attached hydrogens (tertiary/aromatic N) is 4. The summed E-state index contributed by atoms with van der Waals surface area (Å²) in [5.74, 6) is 0.212. The van der Waals surface area contributed by atoms with Crippen LogP contribution in [0.4, 0.5) is 0 Å². The molecule has 0 bridgehead atoms. The predicted molar refractivity (Wildman–Crippen MR) is 95.0 cm³/mol. The second kappa shape index (κ2) is 7.59. The SMILES string of the molecule is Cc1ccc(C(NC(=O)CSc2nnnn2C)c2cccs2)cc1. The summed E-state index contributed by atoms with van der Waals surface area (Å²) >= 11 is 2.95. The number of carbonyl (C=O) groups excluding carboxylic acids is 1. The van der Waals surface area contributed by atoms with Gasteiger partial charge in [-0.05, 0) is 34.4 Å². The second-order valence-corrected chi connectivity index (χ2v) is 7.22. The van der Waals surface area contributed by atoms with Gasteiger partial charge in [-0.3, -0.25) is 4.79 Å². The van der Waals surface area contributed by atoms with Crippen LogP contribution in [0.1, 0.15) is 22.0 Å². The zero-order valence-electron chi connectivity index (χ0n) is 13.3. The van der Waals surface area contributed by atoms with Crippen LogP contribution in [0.3, 0.4) is 0 Å². The van der Waals surface area contributed by atoms with Crippen LogP contribution in [0.5, 0.6) is 0 Å². The Bertz CT molecular complexity index is 798. The lowest BCUT2D eigenvalue weighted by molar-refractivity contribution is -0.119. The molecule has 1 amide bonds. The number of thiophene rings is 1. The predicted octanol–water partition coefficient (Wildman–Crippen LogP) is 2.58. The highest BCUT2D eigenvalue weighted by atomic mass is 32.2. The average Bonchev–Trinajstić information content (AvgIpc) is 3.23. The zero-order valence-corrected chi connectivity index (χ0v) is 15.0. The van der Waals surface area contributed by atoms with Crippen LogP contribution < -0.4 is 5.32 Å². The maximum atomic E-state index is 12.4. The first-order valence-electron chi connectivity index (χ1n) is 7.38. The Morgan fingerprint density at radius 1 is 1.33 bits per heavy atom. The van der Waals surface area contributed by atoms with Crippen molar-refractivity contribution in [3.63, 3.8) is 0 Å². The Morgan fingerprint density at radius 2 is 2.12 bits per heavy atom. The van der Waals surface area contributed by atoms with Crippen molar-refractivity contribution in [1.82, 2.24) is 25.5 Å². The molecule has 0 fully saturated rings. The first kappa shape index (κ1) is 16.7. The molecule has 2 aromatic heterocycles. The van der Waals surface area contributed by atoms with E-state index in [0.717, 1.165) is 10.4 Å². The smallest absolute Gasteiger partial charge is 0.231 e. The summed E-state index contributed by atoms with van der Waals surface area (Å²) in [5, 5.41) is 16.9. The maximum Gasteiger partial charge on any atom is 0.231 e. The summed E-state index contributed by atoms with van der Waals surface area (Å²) in [6, 6.07) is 12.1. The van der Waals surface area contributed by atoms with Crippen LogP contribution in [-0.2, 0) is 11.8 Å². The number of benzene rings is 1. The molecule has 1 atom stereocenters. The molecule has 24 heavy (non-hydrogen) atoms. The normalized spacial score (nSPS) is 12.1. The molecule has 1 aromatic carbocycles. The molecule has 6 nitrogen and oxygen atoms in total. The van der Waals surface area contributed by atoms with E-state index in [0.29, 0.717) is 5.16 Å². The minimum absolute atomic E-state index is 0.0537. The summed E-state index contributed by atoms with van der Waals surface area (Å²) in [6.45, 7) is 2.05. The third kappa shape index (κ3) is 4.01. The van der Waals surface area contributed by atoms with Crippen molar-refractivity contribution >= 4 is 29.0 Å². The molecular weight excluding hydrogens is 342 g/mol. The Morgan fingerprint density at radius 3 is 2.75 bits per heavy atom. The summed E-state index contributed by atoms with van der Waals surface area (Å²) in [6.07, 6.45) is 0. The molecule has 1 unspecified atom stereocenters. The minimum atomic E-state index is -0.142. The van der Waals surface area contributed by atoms with E-state index in [2.05, 4.69) is 45.1 Å². The van der Waals surface area contributed by atoms with E-state index < -0.39 is 0 Å². The number of aryl methyl sites for hydroxylation is 2. The van der Waals surface area contributed by atoms with Crippen LogP contribution >= 0.6 is 23.1 Å². The van der Waals surface area contributed by atoms with Crippen molar-refractivity contribution in [2.75, 3.05) is 5.75 Å². The monoisotopic (exact) mass is 359 g/mol. The van der Waals surface area contributed by atoms with Gasteiger partial charge in [-0.1, -0.05) is 47.7 Å². The molecule has 3 rings (SSSR count). The van der Waals surface area contributed by atoms with E-state index >= 15 is 0 Å². The Balaban J connectivity index is 1.71. The number of carbonyl (C=O) groups is 1. The average molecular weight is 359 g/mol. The fourth-order valence-corrected chi connectivity index (χ4v) is 3.67. The van der Waals surface area contributed by atoms with Gasteiger partial charge in [0, 0.05) is 11.9 Å². The summed E-state index contributed by atoms with van der Waals surface area (Å²) < 4.78 is 1.55. The first-order chi connectivity index (χ1) is 11.6. The molecule has 0 aliphatic rings. The number of aromatic nitrogens is 4. The molecule has 124 valence electrons. The molecule has 0 aliphatic heterocycles. The van der Waals surface area contributed by atoms with Crippen molar-refractivity contribution < 1.29 is 4.79 Å². The Kier molecular flexibility index (Phi) is 5.27. The van der Waals surface area contributed by atoms with E-state index in [1.807, 2.05) is 24.4 Å². The maximum absolute atomic E-state index is 12.4. The van der Waals surface area contributed by atoms with Gasteiger partial charge < -0.3 is 5.32 Å².